The van der Waals surface area contributed by atoms with Gasteiger partial charge in [-0.05, 0) is 25.7 Å². The van der Waals surface area contributed by atoms with Crippen molar-refractivity contribution in [3.63, 3.8) is 0 Å². The molecule has 0 aromatic rings. The minimum Gasteiger partial charge on any atom is -0.409 e. The van der Waals surface area contributed by atoms with Gasteiger partial charge in [-0.15, -0.1) is 0 Å². The zero-order valence-corrected chi connectivity index (χ0v) is 24.7. The molecule has 0 amide bonds. The lowest BCUT2D eigenvalue weighted by molar-refractivity contribution is 0.0527. The van der Waals surface area contributed by atoms with Gasteiger partial charge in [0.25, 0.3) is 0 Å². The molecule has 44 heavy (non-hydrogen) atoms. The van der Waals surface area contributed by atoms with Crippen LogP contribution in [0.5, 0.6) is 0 Å². The highest BCUT2D eigenvalue weighted by Crippen LogP contribution is 2.35. The normalized spacial score (nSPS) is 16.5. The average molecular weight is 639 g/mol. The molecule has 22 heteroatoms. The van der Waals surface area contributed by atoms with E-state index < -0.39 is 11.1 Å². The van der Waals surface area contributed by atoms with Crippen LogP contribution < -0.4 is 45.9 Å². The van der Waals surface area contributed by atoms with E-state index in [0.29, 0.717) is 39.3 Å². The summed E-state index contributed by atoms with van der Waals surface area (Å²) in [6.45, 7) is 1.57. The number of ether oxygens (including phenoxy) is 2. The Morgan fingerprint density at radius 1 is 0.386 bits per heavy atom. The molecule has 0 saturated carbocycles. The fraction of sp³-hybridized carbons (Fsp3) is 0.727. The molecule has 0 aromatic heterocycles. The Morgan fingerprint density at radius 3 is 0.795 bits per heavy atom. The van der Waals surface area contributed by atoms with Crippen molar-refractivity contribution in [2.45, 2.75) is 75.3 Å². The van der Waals surface area contributed by atoms with Gasteiger partial charge in [0.05, 0.1) is 26.4 Å². The molecule has 0 unspecified atom stereocenters. The molecule has 0 spiro atoms. The lowest BCUT2D eigenvalue weighted by Crippen LogP contribution is -2.66. The van der Waals surface area contributed by atoms with Crippen molar-refractivity contribution in [2.24, 2.45) is 76.8 Å². The van der Waals surface area contributed by atoms with Crippen LogP contribution in [-0.2, 0) is 9.47 Å². The molecule has 0 aromatic carbocycles. The molecular formula is C22H50N14O8. The van der Waals surface area contributed by atoms with Crippen molar-refractivity contribution in [1.82, 2.24) is 0 Å². The van der Waals surface area contributed by atoms with Crippen LogP contribution in [0.2, 0.25) is 0 Å². The summed E-state index contributed by atoms with van der Waals surface area (Å²) >= 11 is 0. The molecular weight excluding hydrogens is 588 g/mol. The van der Waals surface area contributed by atoms with Gasteiger partial charge in [0.15, 0.2) is 0 Å². The van der Waals surface area contributed by atoms with Crippen LogP contribution in [0.1, 0.15) is 64.2 Å². The molecule has 0 atom stereocenters. The van der Waals surface area contributed by atoms with E-state index in [4.69, 9.17) is 86.6 Å². The summed E-state index contributed by atoms with van der Waals surface area (Å²) in [6.07, 6.45) is 1.97. The van der Waals surface area contributed by atoms with E-state index in [1.807, 2.05) is 0 Å². The van der Waals surface area contributed by atoms with Gasteiger partial charge in [-0.25, -0.2) is 0 Å². The van der Waals surface area contributed by atoms with E-state index in [9.17, 15) is 0 Å². The van der Waals surface area contributed by atoms with Crippen molar-refractivity contribution in [3.05, 3.63) is 0 Å². The number of nitrogens with two attached hydrogens (primary N) is 8. The van der Waals surface area contributed by atoms with Gasteiger partial charge in [-0.3, -0.25) is 0 Å². The first-order valence-corrected chi connectivity index (χ1v) is 13.3. The first kappa shape index (κ1) is 41.6. The standard InChI is InChI=1S/C14H32N10O4.C8H18N4O4/c15-9(21-25)1-5-13(19,6-2-10(16)22-26)14(20,7-3-11(17)23-27)8-4-12(18)24-28;9-7(11-13)1-3-15-5-6-16-4-2-8(10)12-14/h25-28H,1-8,19-20H2,(H2,15,21)(H2,16,22)(H2,17,23)(H2,18,24);13-14H,1-6H2,(H2,9,11)(H2,10,12). The number of rotatable bonds is 22. The second kappa shape index (κ2) is 24.0. The second-order valence-electron chi connectivity index (χ2n) is 9.59. The minimum absolute atomic E-state index is 0.0474. The van der Waals surface area contributed by atoms with Gasteiger partial charge in [0, 0.05) is 49.6 Å². The van der Waals surface area contributed by atoms with E-state index >= 15 is 0 Å². The smallest absolute Gasteiger partial charge is 0.141 e. The summed E-state index contributed by atoms with van der Waals surface area (Å²) in [5, 5.41) is 69.0. The molecule has 0 aliphatic heterocycles. The average Bonchev–Trinajstić information content (AvgIpc) is 3.04. The largest absolute Gasteiger partial charge is 0.409 e. The Balaban J connectivity index is 0. The summed E-state index contributed by atoms with van der Waals surface area (Å²) in [4.78, 5) is 0. The van der Waals surface area contributed by atoms with Crippen molar-refractivity contribution < 1.29 is 40.7 Å². The molecule has 0 saturated heterocycles. The Bertz CT molecular complexity index is 854. The van der Waals surface area contributed by atoms with Gasteiger partial charge in [-0.1, -0.05) is 30.9 Å². The van der Waals surface area contributed by atoms with Gasteiger partial charge in [-0.2, -0.15) is 0 Å². The SMILES string of the molecule is NC(CCC(N)(CCC(N)=NO)C(N)(CCC(N)=NO)CCC(N)=NO)=NO.NC(CCOCCOCCC(N)=NO)=NO. The van der Waals surface area contributed by atoms with Crippen molar-refractivity contribution in [1.29, 1.82) is 0 Å². The predicted octanol–water partition coefficient (Wildman–Crippen LogP) is -2.22. The molecule has 0 radical (unpaired) electrons. The van der Waals surface area contributed by atoms with E-state index in [-0.39, 0.29) is 86.4 Å². The van der Waals surface area contributed by atoms with E-state index in [2.05, 4.69) is 30.9 Å². The lowest BCUT2D eigenvalue weighted by atomic mass is 9.67. The fourth-order valence-electron chi connectivity index (χ4n) is 3.63. The van der Waals surface area contributed by atoms with Crippen molar-refractivity contribution in [3.8, 4) is 0 Å². The summed E-state index contributed by atoms with van der Waals surface area (Å²) in [5.41, 5.74) is 43.7. The van der Waals surface area contributed by atoms with Crippen LogP contribution >= 0.6 is 0 Å². The van der Waals surface area contributed by atoms with Crippen LogP contribution in [0.15, 0.2) is 30.9 Å². The maximum atomic E-state index is 8.81. The van der Waals surface area contributed by atoms with Crippen LogP contribution in [-0.4, -0.2) is 104 Å². The number of oxime groups is 6. The van der Waals surface area contributed by atoms with Crippen molar-refractivity contribution in [2.75, 3.05) is 26.4 Å². The molecule has 0 rings (SSSR count). The zero-order chi connectivity index (χ0) is 34.0. The Labute approximate surface area is 254 Å². The van der Waals surface area contributed by atoms with E-state index in [0.717, 1.165) is 0 Å². The van der Waals surface area contributed by atoms with Gasteiger partial charge < -0.3 is 86.6 Å². The van der Waals surface area contributed by atoms with Gasteiger partial charge >= 0.3 is 0 Å². The summed E-state index contributed by atoms with van der Waals surface area (Å²) in [6, 6.07) is 0. The minimum atomic E-state index is -1.16. The quantitative estimate of drug-likeness (QED) is 0.0196. The third kappa shape index (κ3) is 18.8. The fourth-order valence-corrected chi connectivity index (χ4v) is 3.63. The first-order valence-electron chi connectivity index (χ1n) is 13.3. The highest BCUT2D eigenvalue weighted by molar-refractivity contribution is 5.82. The first-order chi connectivity index (χ1) is 20.8. The molecule has 22 nitrogen and oxygen atoms in total. The number of hydrogen-bond donors (Lipinski definition) is 14. The van der Waals surface area contributed by atoms with Gasteiger partial charge in [0.2, 0.25) is 0 Å². The van der Waals surface area contributed by atoms with Crippen LogP contribution in [0.3, 0.4) is 0 Å². The predicted molar refractivity (Wildman–Crippen MR) is 162 cm³/mol. The van der Waals surface area contributed by atoms with E-state index in [1.54, 1.807) is 0 Å². The molecule has 22 N–H and O–H groups in total. The van der Waals surface area contributed by atoms with Crippen LogP contribution in [0, 0.1) is 0 Å². The zero-order valence-electron chi connectivity index (χ0n) is 24.7. The number of hydrogen-bond acceptors (Lipinski definition) is 16. The number of nitrogens with zero attached hydrogens (tertiary/aromatic N) is 6. The van der Waals surface area contributed by atoms with E-state index in [1.165, 1.54) is 0 Å². The second-order valence-corrected chi connectivity index (χ2v) is 9.59. The number of amidine groups is 6. The maximum absolute atomic E-state index is 8.81. The molecule has 0 heterocycles. The monoisotopic (exact) mass is 638 g/mol. The van der Waals surface area contributed by atoms with Crippen LogP contribution in [0.25, 0.3) is 0 Å². The highest BCUT2D eigenvalue weighted by Gasteiger charge is 2.45. The lowest BCUT2D eigenvalue weighted by Gasteiger charge is -2.47. The molecule has 0 aliphatic rings. The Morgan fingerprint density at radius 2 is 0.591 bits per heavy atom. The van der Waals surface area contributed by atoms with Gasteiger partial charge in [0.1, 0.15) is 35.0 Å². The molecule has 0 bridgehead atoms. The summed E-state index contributed by atoms with van der Waals surface area (Å²) in [7, 11) is 0. The molecule has 0 fully saturated rings. The third-order valence-corrected chi connectivity index (χ3v) is 6.45. The molecule has 256 valence electrons. The molecule has 0 aliphatic carbocycles. The van der Waals surface area contributed by atoms with Crippen LogP contribution in [0.4, 0.5) is 0 Å². The maximum Gasteiger partial charge on any atom is 0.141 e. The third-order valence-electron chi connectivity index (χ3n) is 6.45. The van der Waals surface area contributed by atoms with Crippen molar-refractivity contribution >= 4 is 35.0 Å². The summed E-state index contributed by atoms with van der Waals surface area (Å²) in [5.74, 6) is 0.0751. The topological polar surface area (TPSA) is 422 Å². The Kier molecular flexibility index (Phi) is 22.7. The summed E-state index contributed by atoms with van der Waals surface area (Å²) < 4.78 is 10.3. The highest BCUT2D eigenvalue weighted by atomic mass is 16.5. The Hall–Kier alpha value is -4.54.